The van der Waals surface area contributed by atoms with Crippen molar-refractivity contribution in [2.75, 3.05) is 12.4 Å². The molecule has 136 valence electrons. The van der Waals surface area contributed by atoms with Gasteiger partial charge in [0.2, 0.25) is 0 Å². The molecule has 0 atom stereocenters. The average molecular weight is 353 g/mol. The molecule has 2 heterocycles. The number of hydrogen-bond acceptors (Lipinski definition) is 3. The summed E-state index contributed by atoms with van der Waals surface area (Å²) in [5.74, 6) is 0.657. The topological polar surface area (TPSA) is 65.3 Å². The third-order valence-corrected chi connectivity index (χ3v) is 4.33. The van der Waals surface area contributed by atoms with Crippen LogP contribution in [-0.4, -0.2) is 22.2 Å². The number of methoxy groups -OCH3 is 1. The number of para-hydroxylation sites is 2. The van der Waals surface area contributed by atoms with Crippen molar-refractivity contribution in [1.29, 1.82) is 0 Å². The van der Waals surface area contributed by atoms with E-state index in [9.17, 15) is 9.59 Å². The van der Waals surface area contributed by atoms with Gasteiger partial charge in [-0.05, 0) is 30.2 Å². The van der Waals surface area contributed by atoms with E-state index in [2.05, 4.69) is 19.2 Å². The summed E-state index contributed by atoms with van der Waals surface area (Å²) in [5, 5.41) is 3.39. The second kappa shape index (κ2) is 7.07. The maximum Gasteiger partial charge on any atom is 0.272 e. The van der Waals surface area contributed by atoms with Gasteiger partial charge in [0.1, 0.15) is 11.4 Å². The first-order valence-electron chi connectivity index (χ1n) is 8.55. The molecule has 3 aromatic rings. The zero-order valence-corrected chi connectivity index (χ0v) is 15.4. The van der Waals surface area contributed by atoms with Gasteiger partial charge in [0.25, 0.3) is 11.5 Å². The quantitative estimate of drug-likeness (QED) is 0.766. The van der Waals surface area contributed by atoms with Crippen LogP contribution in [0.4, 0.5) is 5.69 Å². The number of aryl methyl sites for hydroxylation is 1. The van der Waals surface area contributed by atoms with E-state index in [1.165, 1.54) is 0 Å². The summed E-state index contributed by atoms with van der Waals surface area (Å²) in [4.78, 5) is 25.5. The van der Waals surface area contributed by atoms with Gasteiger partial charge in [-0.3, -0.25) is 9.59 Å². The van der Waals surface area contributed by atoms with Crippen molar-refractivity contribution in [1.82, 2.24) is 9.13 Å². The Balaban J connectivity index is 2.00. The Morgan fingerprint density at radius 3 is 2.65 bits per heavy atom. The third-order valence-electron chi connectivity index (χ3n) is 4.33. The van der Waals surface area contributed by atoms with Gasteiger partial charge >= 0.3 is 0 Å². The first-order valence-corrected chi connectivity index (χ1v) is 8.55. The Kier molecular flexibility index (Phi) is 4.84. The Morgan fingerprint density at radius 2 is 1.96 bits per heavy atom. The maximum absolute atomic E-state index is 12.8. The standard InChI is InChI=1S/C20H23N3O3/c1-13(2)12-23-10-9-16-14(20(23)25)11-17(22(16)3)19(24)21-15-7-5-6-8-18(15)26-4/h5-11,13H,12H2,1-4H3,(H,21,24). The lowest BCUT2D eigenvalue weighted by molar-refractivity contribution is 0.101. The Labute approximate surface area is 152 Å². The number of amides is 1. The molecule has 0 unspecified atom stereocenters. The van der Waals surface area contributed by atoms with E-state index in [4.69, 9.17) is 4.74 Å². The normalized spacial score (nSPS) is 11.1. The van der Waals surface area contributed by atoms with E-state index in [1.807, 2.05) is 18.2 Å². The minimum absolute atomic E-state index is 0.0804. The van der Waals surface area contributed by atoms with Crippen LogP contribution in [0.15, 0.2) is 47.4 Å². The van der Waals surface area contributed by atoms with Crippen molar-refractivity contribution in [3.05, 3.63) is 58.6 Å². The van der Waals surface area contributed by atoms with Gasteiger partial charge in [-0.2, -0.15) is 0 Å². The number of ether oxygens (including phenoxy) is 1. The summed E-state index contributed by atoms with van der Waals surface area (Å²) in [5.41, 5.74) is 1.66. The molecule has 2 aromatic heterocycles. The average Bonchev–Trinajstić information content (AvgIpc) is 2.95. The van der Waals surface area contributed by atoms with Crippen LogP contribution in [0.5, 0.6) is 5.75 Å². The summed E-state index contributed by atoms with van der Waals surface area (Å²) in [6.07, 6.45) is 1.78. The van der Waals surface area contributed by atoms with E-state index in [-0.39, 0.29) is 11.5 Å². The molecule has 0 aliphatic carbocycles. The van der Waals surface area contributed by atoms with Crippen molar-refractivity contribution >= 4 is 22.5 Å². The molecule has 0 saturated carbocycles. The molecule has 0 fully saturated rings. The number of hydrogen-bond donors (Lipinski definition) is 1. The van der Waals surface area contributed by atoms with Gasteiger partial charge in [0, 0.05) is 19.8 Å². The fourth-order valence-electron chi connectivity index (χ4n) is 3.06. The molecule has 0 bridgehead atoms. The number of anilines is 1. The number of carbonyl (C=O) groups is 1. The zero-order chi connectivity index (χ0) is 18.8. The molecule has 3 rings (SSSR count). The predicted octanol–water partition coefficient (Wildman–Crippen LogP) is 3.26. The minimum atomic E-state index is -0.289. The molecule has 1 aromatic carbocycles. The summed E-state index contributed by atoms with van der Waals surface area (Å²) >= 11 is 0. The molecule has 0 saturated heterocycles. The lowest BCUT2D eigenvalue weighted by Gasteiger charge is -2.10. The highest BCUT2D eigenvalue weighted by Crippen LogP contribution is 2.24. The SMILES string of the molecule is COc1ccccc1NC(=O)c1cc2c(=O)n(CC(C)C)ccc2n1C. The highest BCUT2D eigenvalue weighted by Gasteiger charge is 2.17. The van der Waals surface area contributed by atoms with Crippen molar-refractivity contribution in [3.8, 4) is 5.75 Å². The van der Waals surface area contributed by atoms with Crippen LogP contribution in [0.3, 0.4) is 0 Å². The fraction of sp³-hybridized carbons (Fsp3) is 0.300. The number of nitrogens with one attached hydrogen (secondary N) is 1. The monoisotopic (exact) mass is 353 g/mol. The molecule has 6 nitrogen and oxygen atoms in total. The number of nitrogens with zero attached hydrogens (tertiary/aromatic N) is 2. The van der Waals surface area contributed by atoms with Crippen LogP contribution in [0, 0.1) is 5.92 Å². The first-order chi connectivity index (χ1) is 12.4. The largest absolute Gasteiger partial charge is 0.495 e. The van der Waals surface area contributed by atoms with E-state index < -0.39 is 0 Å². The van der Waals surface area contributed by atoms with Crippen LogP contribution in [0.1, 0.15) is 24.3 Å². The van der Waals surface area contributed by atoms with Crippen LogP contribution in [-0.2, 0) is 13.6 Å². The van der Waals surface area contributed by atoms with Crippen molar-refractivity contribution < 1.29 is 9.53 Å². The van der Waals surface area contributed by atoms with Crippen LogP contribution in [0.2, 0.25) is 0 Å². The molecular weight excluding hydrogens is 330 g/mol. The maximum atomic E-state index is 12.8. The predicted molar refractivity (Wildman–Crippen MR) is 103 cm³/mol. The molecular formula is C20H23N3O3. The molecule has 26 heavy (non-hydrogen) atoms. The minimum Gasteiger partial charge on any atom is -0.495 e. The van der Waals surface area contributed by atoms with Gasteiger partial charge in [-0.1, -0.05) is 26.0 Å². The first kappa shape index (κ1) is 17.8. The second-order valence-electron chi connectivity index (χ2n) is 6.71. The number of carbonyl (C=O) groups excluding carboxylic acids is 1. The summed E-state index contributed by atoms with van der Waals surface area (Å²) in [6.45, 7) is 4.77. The Bertz CT molecular complexity index is 1010. The van der Waals surface area contributed by atoms with E-state index >= 15 is 0 Å². The van der Waals surface area contributed by atoms with Crippen LogP contribution in [0.25, 0.3) is 10.9 Å². The highest BCUT2D eigenvalue weighted by atomic mass is 16.5. The van der Waals surface area contributed by atoms with Crippen molar-refractivity contribution in [2.45, 2.75) is 20.4 Å². The van der Waals surface area contributed by atoms with Crippen molar-refractivity contribution in [2.24, 2.45) is 13.0 Å². The van der Waals surface area contributed by atoms with Crippen molar-refractivity contribution in [3.63, 3.8) is 0 Å². The molecule has 0 aliphatic heterocycles. The molecule has 1 amide bonds. The molecule has 0 radical (unpaired) electrons. The molecule has 1 N–H and O–H groups in total. The summed E-state index contributed by atoms with van der Waals surface area (Å²) in [7, 11) is 3.34. The third kappa shape index (κ3) is 3.22. The lowest BCUT2D eigenvalue weighted by atomic mass is 10.2. The second-order valence-corrected chi connectivity index (χ2v) is 6.71. The van der Waals surface area contributed by atoms with Gasteiger partial charge in [-0.25, -0.2) is 0 Å². The van der Waals surface area contributed by atoms with Gasteiger partial charge in [0.15, 0.2) is 0 Å². The Morgan fingerprint density at radius 1 is 1.23 bits per heavy atom. The lowest BCUT2D eigenvalue weighted by Crippen LogP contribution is -2.21. The van der Waals surface area contributed by atoms with Gasteiger partial charge in [0.05, 0.1) is 23.7 Å². The van der Waals surface area contributed by atoms with Crippen LogP contribution >= 0.6 is 0 Å². The van der Waals surface area contributed by atoms with Crippen LogP contribution < -0.4 is 15.6 Å². The number of pyridine rings is 1. The Hall–Kier alpha value is -3.02. The molecule has 0 spiro atoms. The van der Waals surface area contributed by atoms with Gasteiger partial charge in [-0.15, -0.1) is 0 Å². The van der Waals surface area contributed by atoms with E-state index in [1.54, 1.807) is 47.7 Å². The number of rotatable bonds is 5. The summed E-state index contributed by atoms with van der Waals surface area (Å²) in [6, 6.07) is 10.7. The zero-order valence-electron chi connectivity index (χ0n) is 15.4. The van der Waals surface area contributed by atoms with E-state index in [0.29, 0.717) is 35.0 Å². The highest BCUT2D eigenvalue weighted by molar-refractivity contribution is 6.06. The molecule has 0 aliphatic rings. The number of fused-ring (bicyclic) bond motifs is 1. The smallest absolute Gasteiger partial charge is 0.272 e. The number of benzene rings is 1. The van der Waals surface area contributed by atoms with Gasteiger partial charge < -0.3 is 19.2 Å². The number of aromatic nitrogens is 2. The molecule has 6 heteroatoms. The summed E-state index contributed by atoms with van der Waals surface area (Å²) < 4.78 is 8.69. The van der Waals surface area contributed by atoms with E-state index in [0.717, 1.165) is 5.52 Å². The fourth-order valence-corrected chi connectivity index (χ4v) is 3.06.